The molecule has 0 bridgehead atoms. The fourth-order valence-electron chi connectivity index (χ4n) is 4.78. The van der Waals surface area contributed by atoms with Gasteiger partial charge in [-0.1, -0.05) is 101 Å². The van der Waals surface area contributed by atoms with Gasteiger partial charge in [0.15, 0.2) is 0 Å². The normalized spacial score (nSPS) is 12.3. The minimum Gasteiger partial charge on any atom is -0.505 e. The minimum absolute atomic E-state index is 0.317. The van der Waals surface area contributed by atoms with Crippen LogP contribution in [0.15, 0.2) is 66.7 Å². The van der Waals surface area contributed by atoms with Crippen LogP contribution in [-0.2, 0) is 0 Å². The van der Waals surface area contributed by atoms with Crippen molar-refractivity contribution in [2.75, 3.05) is 0 Å². The summed E-state index contributed by atoms with van der Waals surface area (Å²) < 4.78 is 0. The summed E-state index contributed by atoms with van der Waals surface area (Å²) in [5.41, 5.74) is 5.57. The molecule has 4 heteroatoms. The maximum Gasteiger partial charge on any atom is 0.146 e. The third-order valence-corrected chi connectivity index (χ3v) is 6.73. The number of hydrogen-bond donors (Lipinski definition) is 1. The monoisotopic (exact) mass is 455 g/mol. The first kappa shape index (κ1) is 24.0. The summed E-state index contributed by atoms with van der Waals surface area (Å²) in [4.78, 5) is 1.61. The van der Waals surface area contributed by atoms with Gasteiger partial charge >= 0.3 is 0 Å². The van der Waals surface area contributed by atoms with Crippen LogP contribution in [0.5, 0.6) is 5.75 Å². The molecule has 0 fully saturated rings. The van der Waals surface area contributed by atoms with Crippen LogP contribution in [-0.4, -0.2) is 20.1 Å². The van der Waals surface area contributed by atoms with Crippen LogP contribution in [0.3, 0.4) is 0 Å². The van der Waals surface area contributed by atoms with E-state index in [0.29, 0.717) is 17.4 Å². The summed E-state index contributed by atoms with van der Waals surface area (Å²) in [6.45, 7) is 4.50. The van der Waals surface area contributed by atoms with Crippen LogP contribution >= 0.6 is 0 Å². The van der Waals surface area contributed by atoms with E-state index in [-0.39, 0.29) is 0 Å². The molecule has 0 saturated carbocycles. The predicted octanol–water partition coefficient (Wildman–Crippen LogP) is 8.43. The van der Waals surface area contributed by atoms with Gasteiger partial charge < -0.3 is 5.11 Å². The molecule has 0 radical (unpaired) electrons. The Morgan fingerprint density at radius 2 is 1.29 bits per heavy atom. The fraction of sp³-hybridized carbons (Fsp3) is 0.400. The van der Waals surface area contributed by atoms with Crippen molar-refractivity contribution in [3.05, 3.63) is 72.3 Å². The lowest BCUT2D eigenvalue weighted by Crippen LogP contribution is -2.06. The third-order valence-electron chi connectivity index (χ3n) is 6.73. The Bertz CT molecular complexity index is 1150. The molecule has 0 aliphatic carbocycles. The van der Waals surface area contributed by atoms with Gasteiger partial charge in [0.1, 0.15) is 22.5 Å². The van der Waals surface area contributed by atoms with Gasteiger partial charge in [-0.15, -0.1) is 15.0 Å². The van der Waals surface area contributed by atoms with Gasteiger partial charge in [0, 0.05) is 0 Å². The van der Waals surface area contributed by atoms with Gasteiger partial charge in [-0.3, -0.25) is 0 Å². The number of phenolic OH excluding ortho intramolecular Hbond substituents is 1. The Labute approximate surface area is 203 Å². The molecule has 1 atom stereocenters. The van der Waals surface area contributed by atoms with Crippen molar-refractivity contribution in [1.29, 1.82) is 0 Å². The molecular formula is C30H37N3O. The molecule has 4 nitrogen and oxygen atoms in total. The van der Waals surface area contributed by atoms with Crippen molar-refractivity contribution in [1.82, 2.24) is 15.0 Å². The van der Waals surface area contributed by atoms with Gasteiger partial charge in [-0.2, -0.15) is 0 Å². The Morgan fingerprint density at radius 3 is 1.94 bits per heavy atom. The Balaban J connectivity index is 1.79. The molecule has 0 aliphatic rings. The number of rotatable bonds is 12. The molecule has 0 aliphatic heterocycles. The van der Waals surface area contributed by atoms with E-state index >= 15 is 0 Å². The van der Waals surface area contributed by atoms with Crippen molar-refractivity contribution in [3.63, 3.8) is 0 Å². The molecule has 0 spiro atoms. The first-order valence-corrected chi connectivity index (χ1v) is 13.0. The van der Waals surface area contributed by atoms with Gasteiger partial charge in [0.2, 0.25) is 0 Å². The smallest absolute Gasteiger partial charge is 0.146 e. The van der Waals surface area contributed by atoms with Gasteiger partial charge in [-0.25, -0.2) is 0 Å². The van der Waals surface area contributed by atoms with Crippen molar-refractivity contribution in [2.24, 2.45) is 0 Å². The molecule has 1 heterocycles. The third kappa shape index (κ3) is 5.67. The standard InChI is InChI=1S/C30H37N3O/c1-3-5-7-10-18-24(17-9-6-4-2)26-21-25(23-15-11-8-12-16-23)22-29(30(26)34)33-31-27-19-13-14-20-28(27)32-33/h8,11-16,19-22,24,34H,3-7,9-10,17-18H2,1-2H3. The maximum atomic E-state index is 11.6. The molecule has 4 aromatic rings. The molecule has 0 amide bonds. The summed E-state index contributed by atoms with van der Waals surface area (Å²) in [7, 11) is 0. The average Bonchev–Trinajstić information content (AvgIpc) is 3.30. The largest absolute Gasteiger partial charge is 0.505 e. The zero-order valence-corrected chi connectivity index (χ0v) is 20.6. The van der Waals surface area contributed by atoms with Gasteiger partial charge in [0.05, 0.1) is 0 Å². The van der Waals surface area contributed by atoms with E-state index in [1.807, 2.05) is 36.4 Å². The highest BCUT2D eigenvalue weighted by molar-refractivity contribution is 5.75. The number of aromatic nitrogens is 3. The number of fused-ring (bicyclic) bond motifs is 1. The summed E-state index contributed by atoms with van der Waals surface area (Å²) in [5, 5.41) is 20.9. The number of nitrogens with zero attached hydrogens (tertiary/aromatic N) is 3. The first-order chi connectivity index (χ1) is 16.7. The molecule has 1 aromatic heterocycles. The predicted molar refractivity (Wildman–Crippen MR) is 142 cm³/mol. The van der Waals surface area contributed by atoms with Crippen LogP contribution in [0, 0.1) is 0 Å². The number of aromatic hydroxyl groups is 1. The van der Waals surface area contributed by atoms with Crippen LogP contribution in [0.1, 0.15) is 83.1 Å². The highest BCUT2D eigenvalue weighted by Gasteiger charge is 2.21. The molecule has 1 unspecified atom stereocenters. The van der Waals surface area contributed by atoms with Crippen LogP contribution in [0.25, 0.3) is 27.8 Å². The van der Waals surface area contributed by atoms with E-state index in [0.717, 1.165) is 40.6 Å². The van der Waals surface area contributed by atoms with Crippen LogP contribution < -0.4 is 0 Å². The highest BCUT2D eigenvalue weighted by Crippen LogP contribution is 2.40. The average molecular weight is 456 g/mol. The van der Waals surface area contributed by atoms with E-state index in [1.165, 1.54) is 44.9 Å². The van der Waals surface area contributed by atoms with Crippen LogP contribution in [0.4, 0.5) is 0 Å². The Kier molecular flexibility index (Phi) is 8.35. The van der Waals surface area contributed by atoms with Crippen molar-refractivity contribution < 1.29 is 5.11 Å². The molecule has 178 valence electrons. The summed E-state index contributed by atoms with van der Waals surface area (Å²) >= 11 is 0. The lowest BCUT2D eigenvalue weighted by atomic mass is 9.85. The maximum absolute atomic E-state index is 11.6. The Morgan fingerprint density at radius 1 is 0.706 bits per heavy atom. The molecule has 1 N–H and O–H groups in total. The van der Waals surface area contributed by atoms with Crippen molar-refractivity contribution in [2.45, 2.75) is 77.6 Å². The SMILES string of the molecule is CCCCCCC(CCCCC)c1cc(-c2ccccc2)cc(-n2nc3ccccc3n2)c1O. The zero-order chi connectivity index (χ0) is 23.8. The number of benzene rings is 3. The van der Waals surface area contributed by atoms with E-state index in [1.54, 1.807) is 4.80 Å². The molecule has 4 rings (SSSR count). The zero-order valence-electron chi connectivity index (χ0n) is 20.6. The summed E-state index contributed by atoms with van der Waals surface area (Å²) in [6, 6.07) is 22.5. The Hall–Kier alpha value is -3.14. The van der Waals surface area contributed by atoms with E-state index in [9.17, 15) is 5.11 Å². The topological polar surface area (TPSA) is 50.9 Å². The quantitative estimate of drug-likeness (QED) is 0.218. The van der Waals surface area contributed by atoms with Crippen molar-refractivity contribution >= 4 is 11.0 Å². The second-order valence-corrected chi connectivity index (χ2v) is 9.32. The summed E-state index contributed by atoms with van der Waals surface area (Å²) in [6.07, 6.45) is 10.8. The van der Waals surface area contributed by atoms with E-state index in [2.05, 4.69) is 54.4 Å². The number of unbranched alkanes of at least 4 members (excludes halogenated alkanes) is 5. The van der Waals surface area contributed by atoms with Gasteiger partial charge in [0.25, 0.3) is 0 Å². The molecular weight excluding hydrogens is 418 g/mol. The van der Waals surface area contributed by atoms with Crippen LogP contribution in [0.2, 0.25) is 0 Å². The van der Waals surface area contributed by atoms with Gasteiger partial charge in [-0.05, 0) is 59.7 Å². The number of phenols is 1. The fourth-order valence-corrected chi connectivity index (χ4v) is 4.78. The minimum atomic E-state index is 0.317. The summed E-state index contributed by atoms with van der Waals surface area (Å²) in [5.74, 6) is 0.646. The lowest BCUT2D eigenvalue weighted by Gasteiger charge is -2.21. The lowest BCUT2D eigenvalue weighted by molar-refractivity contribution is 0.436. The van der Waals surface area contributed by atoms with Crippen molar-refractivity contribution in [3.8, 4) is 22.6 Å². The molecule has 3 aromatic carbocycles. The molecule has 0 saturated heterocycles. The molecule has 34 heavy (non-hydrogen) atoms. The second kappa shape index (κ2) is 11.8. The first-order valence-electron chi connectivity index (χ1n) is 13.0. The van der Waals surface area contributed by atoms with E-state index in [4.69, 9.17) is 0 Å². The van der Waals surface area contributed by atoms with E-state index < -0.39 is 0 Å². The number of hydrogen-bond acceptors (Lipinski definition) is 3. The second-order valence-electron chi connectivity index (χ2n) is 9.32. The highest BCUT2D eigenvalue weighted by atomic mass is 16.3.